The number of nitrogens with one attached hydrogen (secondary N) is 1. The monoisotopic (exact) mass is 270 g/mol. The van der Waals surface area contributed by atoms with Gasteiger partial charge in [-0.2, -0.15) is 0 Å². The molecule has 1 fully saturated rings. The second kappa shape index (κ2) is 5.84. The van der Waals surface area contributed by atoms with Crippen LogP contribution in [0.2, 0.25) is 5.02 Å². The van der Waals surface area contributed by atoms with Crippen molar-refractivity contribution in [3.05, 3.63) is 22.8 Å². The van der Waals surface area contributed by atoms with Gasteiger partial charge in [-0.1, -0.05) is 11.6 Å². The molecule has 0 radical (unpaired) electrons. The quantitative estimate of drug-likeness (QED) is 0.567. The maximum absolute atomic E-state index is 9.58. The normalized spacial score (nSPS) is 22.1. The van der Waals surface area contributed by atoms with E-state index in [1.165, 1.54) is 0 Å². The zero-order valence-electron chi connectivity index (χ0n) is 10.4. The van der Waals surface area contributed by atoms with Crippen LogP contribution in [0.25, 0.3) is 0 Å². The summed E-state index contributed by atoms with van der Waals surface area (Å²) in [5.74, 6) is 6.30. The molecule has 0 aromatic carbocycles. The molecule has 5 nitrogen and oxygen atoms in total. The maximum Gasteiger partial charge on any atom is 0.140 e. The molecule has 1 aliphatic rings. The topological polar surface area (TPSA) is 74.4 Å². The molecule has 0 saturated carbocycles. The molecule has 0 amide bonds. The van der Waals surface area contributed by atoms with Gasteiger partial charge < -0.3 is 10.5 Å². The Labute approximate surface area is 112 Å². The third-order valence-corrected chi connectivity index (χ3v) is 3.78. The summed E-state index contributed by atoms with van der Waals surface area (Å²) in [5.41, 5.74) is 3.34. The van der Waals surface area contributed by atoms with Gasteiger partial charge >= 0.3 is 0 Å². The average molecular weight is 271 g/mol. The zero-order chi connectivity index (χ0) is 13.1. The molecule has 1 saturated heterocycles. The van der Waals surface area contributed by atoms with E-state index in [9.17, 15) is 5.11 Å². The van der Waals surface area contributed by atoms with E-state index in [-0.39, 0.29) is 6.10 Å². The molecule has 18 heavy (non-hydrogen) atoms. The number of nitrogens with zero attached hydrogens (tertiary/aromatic N) is 2. The molecule has 1 aliphatic heterocycles. The Bertz CT molecular complexity index is 413. The minimum atomic E-state index is -0.254. The van der Waals surface area contributed by atoms with Gasteiger partial charge in [0.15, 0.2) is 0 Å². The number of hydrogen-bond acceptors (Lipinski definition) is 5. The van der Waals surface area contributed by atoms with E-state index in [4.69, 9.17) is 17.4 Å². The summed E-state index contributed by atoms with van der Waals surface area (Å²) in [4.78, 5) is 6.61. The highest BCUT2D eigenvalue weighted by molar-refractivity contribution is 6.31. The minimum Gasteiger partial charge on any atom is -0.393 e. The number of pyridine rings is 1. The lowest BCUT2D eigenvalue weighted by Crippen LogP contribution is -2.24. The molecule has 2 unspecified atom stereocenters. The summed E-state index contributed by atoms with van der Waals surface area (Å²) in [6.07, 6.45) is 0.764. The van der Waals surface area contributed by atoms with Gasteiger partial charge in [0.1, 0.15) is 5.82 Å². The van der Waals surface area contributed by atoms with Crippen molar-refractivity contribution in [1.82, 2.24) is 9.88 Å². The molecule has 0 aliphatic carbocycles. The lowest BCUT2D eigenvalue weighted by molar-refractivity contribution is 0.127. The molecule has 2 heterocycles. The lowest BCUT2D eigenvalue weighted by Gasteiger charge is -2.17. The van der Waals surface area contributed by atoms with E-state index in [1.807, 2.05) is 6.92 Å². The standard InChI is InChI=1S/C12H19ClN4O/c1-8(18)9-4-5-17(6-9)7-11-10(13)2-3-12(15-11)16-14/h2-3,8-9,18H,4-7,14H2,1H3,(H,15,16). The third kappa shape index (κ3) is 3.11. The van der Waals surface area contributed by atoms with Gasteiger partial charge in [-0.25, -0.2) is 10.8 Å². The van der Waals surface area contributed by atoms with Crippen LogP contribution in [-0.4, -0.2) is 34.2 Å². The second-order valence-corrected chi connectivity index (χ2v) is 5.20. The van der Waals surface area contributed by atoms with Crippen LogP contribution in [0.15, 0.2) is 12.1 Å². The van der Waals surface area contributed by atoms with E-state index in [0.29, 0.717) is 23.3 Å². The number of hydrazine groups is 1. The fraction of sp³-hybridized carbons (Fsp3) is 0.583. The first-order valence-corrected chi connectivity index (χ1v) is 6.50. The fourth-order valence-corrected chi connectivity index (χ4v) is 2.45. The van der Waals surface area contributed by atoms with Gasteiger partial charge in [0.2, 0.25) is 0 Å². The Morgan fingerprint density at radius 3 is 3.06 bits per heavy atom. The Balaban J connectivity index is 2.02. The van der Waals surface area contributed by atoms with Gasteiger partial charge in [-0.05, 0) is 37.9 Å². The van der Waals surface area contributed by atoms with Crippen molar-refractivity contribution >= 4 is 17.4 Å². The highest BCUT2D eigenvalue weighted by Gasteiger charge is 2.26. The average Bonchev–Trinajstić information content (AvgIpc) is 2.81. The van der Waals surface area contributed by atoms with E-state index in [2.05, 4.69) is 15.3 Å². The van der Waals surface area contributed by atoms with Crippen LogP contribution < -0.4 is 11.3 Å². The zero-order valence-corrected chi connectivity index (χ0v) is 11.2. The van der Waals surface area contributed by atoms with Gasteiger partial charge in [0, 0.05) is 13.1 Å². The molecule has 1 aromatic rings. The second-order valence-electron chi connectivity index (χ2n) is 4.79. The minimum absolute atomic E-state index is 0.254. The first-order valence-electron chi connectivity index (χ1n) is 6.12. The highest BCUT2D eigenvalue weighted by atomic mass is 35.5. The van der Waals surface area contributed by atoms with E-state index in [1.54, 1.807) is 12.1 Å². The van der Waals surface area contributed by atoms with Gasteiger partial charge in [-0.3, -0.25) is 4.90 Å². The van der Waals surface area contributed by atoms with Crippen molar-refractivity contribution in [2.75, 3.05) is 18.5 Å². The number of likely N-dealkylation sites (tertiary alicyclic amines) is 1. The highest BCUT2D eigenvalue weighted by Crippen LogP contribution is 2.24. The van der Waals surface area contributed by atoms with Crippen molar-refractivity contribution in [2.45, 2.75) is 26.0 Å². The molecule has 2 rings (SSSR count). The lowest BCUT2D eigenvalue weighted by atomic mass is 10.0. The molecular weight excluding hydrogens is 252 g/mol. The summed E-state index contributed by atoms with van der Waals surface area (Å²) in [6.45, 7) is 4.39. The number of aliphatic hydroxyl groups is 1. The van der Waals surface area contributed by atoms with E-state index in [0.717, 1.165) is 25.2 Å². The molecular formula is C12H19ClN4O. The summed E-state index contributed by atoms with van der Waals surface area (Å²) < 4.78 is 0. The van der Waals surface area contributed by atoms with E-state index >= 15 is 0 Å². The summed E-state index contributed by atoms with van der Waals surface area (Å²) in [7, 11) is 0. The Hall–Kier alpha value is -0.880. The van der Waals surface area contributed by atoms with Gasteiger partial charge in [-0.15, -0.1) is 0 Å². The number of hydrogen-bond donors (Lipinski definition) is 3. The fourth-order valence-electron chi connectivity index (χ4n) is 2.29. The predicted octanol–water partition coefficient (Wildman–Crippen LogP) is 1.22. The molecule has 100 valence electrons. The Morgan fingerprint density at radius 2 is 2.44 bits per heavy atom. The summed E-state index contributed by atoms with van der Waals surface area (Å²) in [6, 6.07) is 3.54. The van der Waals surface area contributed by atoms with E-state index < -0.39 is 0 Å². The first kappa shape index (κ1) is 13.5. The van der Waals surface area contributed by atoms with Crippen molar-refractivity contribution in [3.8, 4) is 0 Å². The number of nitrogens with two attached hydrogens (primary N) is 1. The van der Waals surface area contributed by atoms with Gasteiger partial charge in [0.25, 0.3) is 0 Å². The van der Waals surface area contributed by atoms with Gasteiger partial charge in [0.05, 0.1) is 16.8 Å². The van der Waals surface area contributed by atoms with Crippen LogP contribution in [0.4, 0.5) is 5.82 Å². The van der Waals surface area contributed by atoms with Crippen molar-refractivity contribution in [3.63, 3.8) is 0 Å². The number of rotatable bonds is 4. The molecule has 2 atom stereocenters. The van der Waals surface area contributed by atoms with Crippen LogP contribution in [0.3, 0.4) is 0 Å². The van der Waals surface area contributed by atoms with Crippen molar-refractivity contribution in [2.24, 2.45) is 11.8 Å². The Kier molecular flexibility index (Phi) is 4.40. The molecule has 0 spiro atoms. The molecule has 0 bridgehead atoms. The molecule has 1 aromatic heterocycles. The van der Waals surface area contributed by atoms with Crippen LogP contribution in [0.1, 0.15) is 19.0 Å². The number of nitrogen functional groups attached to an aromatic ring is 1. The number of halogens is 1. The molecule has 4 N–H and O–H groups in total. The van der Waals surface area contributed by atoms with Crippen molar-refractivity contribution in [1.29, 1.82) is 0 Å². The first-order chi connectivity index (χ1) is 8.60. The third-order valence-electron chi connectivity index (χ3n) is 3.43. The van der Waals surface area contributed by atoms with Crippen LogP contribution in [0, 0.1) is 5.92 Å². The van der Waals surface area contributed by atoms with Crippen LogP contribution >= 0.6 is 11.6 Å². The van der Waals surface area contributed by atoms with Crippen LogP contribution in [0.5, 0.6) is 0 Å². The number of aromatic nitrogens is 1. The maximum atomic E-state index is 9.58. The summed E-state index contributed by atoms with van der Waals surface area (Å²) >= 11 is 6.12. The van der Waals surface area contributed by atoms with Crippen molar-refractivity contribution < 1.29 is 5.11 Å². The smallest absolute Gasteiger partial charge is 0.140 e. The number of anilines is 1. The van der Waals surface area contributed by atoms with Crippen LogP contribution in [-0.2, 0) is 6.54 Å². The Morgan fingerprint density at radius 1 is 1.67 bits per heavy atom. The number of aliphatic hydroxyl groups excluding tert-OH is 1. The molecule has 6 heteroatoms. The SMILES string of the molecule is CC(O)C1CCN(Cc2nc(NN)ccc2Cl)C1. The predicted molar refractivity (Wildman–Crippen MR) is 72.1 cm³/mol. The summed E-state index contributed by atoms with van der Waals surface area (Å²) in [5, 5.41) is 10.2. The largest absolute Gasteiger partial charge is 0.393 e.